The summed E-state index contributed by atoms with van der Waals surface area (Å²) >= 11 is 0. The van der Waals surface area contributed by atoms with E-state index >= 15 is 0 Å². The highest BCUT2D eigenvalue weighted by Gasteiger charge is 1.77. The van der Waals surface area contributed by atoms with Crippen molar-refractivity contribution in [2.24, 2.45) is 5.84 Å². The standard InChI is InChI=1S/CH4N2O2.3ClH/c2-3-1(4)5;;;/h3H,2H2,(H,4,5);3*1H. The third-order valence-corrected chi connectivity index (χ3v) is 0.123. The maximum atomic E-state index is 9.13. The lowest BCUT2D eigenvalue weighted by atomic mass is 11.3. The number of amides is 1. The molecule has 0 aliphatic carbocycles. The Kier molecular flexibility index (Phi) is 47.7. The molecule has 4 N–H and O–H groups in total. The largest absolute Gasteiger partial charge is 0.464 e. The summed E-state index contributed by atoms with van der Waals surface area (Å²) in [7, 11) is 0. The number of rotatable bonds is 0. The van der Waals surface area contributed by atoms with Gasteiger partial charge in [-0.3, -0.25) is 5.43 Å². The number of hydrogen-bond donors (Lipinski definition) is 3. The zero-order valence-corrected chi connectivity index (χ0v) is 6.11. The van der Waals surface area contributed by atoms with Crippen LogP contribution in [0.25, 0.3) is 0 Å². The Balaban J connectivity index is -0.0000000267. The molecule has 0 radical (unpaired) electrons. The highest BCUT2D eigenvalue weighted by atomic mass is 35.5. The molecule has 0 aromatic heterocycles. The smallest absolute Gasteiger partial charge is 0.418 e. The Morgan fingerprint density at radius 3 is 1.50 bits per heavy atom. The van der Waals surface area contributed by atoms with Gasteiger partial charge in [-0.2, -0.15) is 0 Å². The van der Waals surface area contributed by atoms with E-state index < -0.39 is 6.09 Å². The third kappa shape index (κ3) is 36.0. The van der Waals surface area contributed by atoms with E-state index in [9.17, 15) is 0 Å². The van der Waals surface area contributed by atoms with Crippen LogP contribution in [0.1, 0.15) is 0 Å². The summed E-state index contributed by atoms with van der Waals surface area (Å²) in [5, 5.41) is 7.49. The Bertz CT molecular complexity index is 50.5. The summed E-state index contributed by atoms with van der Waals surface area (Å²) in [5.41, 5.74) is 1.44. The molecule has 54 valence electrons. The first-order chi connectivity index (χ1) is 2.27. The van der Waals surface area contributed by atoms with Gasteiger partial charge < -0.3 is 5.11 Å². The molecule has 0 bridgehead atoms. The number of halogens is 3. The van der Waals surface area contributed by atoms with Crippen molar-refractivity contribution in [2.75, 3.05) is 0 Å². The van der Waals surface area contributed by atoms with Gasteiger partial charge in [-0.25, -0.2) is 10.6 Å². The van der Waals surface area contributed by atoms with Gasteiger partial charge >= 0.3 is 6.09 Å². The van der Waals surface area contributed by atoms with Crippen LogP contribution in [0.2, 0.25) is 0 Å². The summed E-state index contributed by atoms with van der Waals surface area (Å²) in [6.45, 7) is 0. The number of nitrogens with two attached hydrogens (primary N) is 1. The lowest BCUT2D eigenvalue weighted by Gasteiger charge is -1.79. The van der Waals surface area contributed by atoms with E-state index in [1.165, 1.54) is 5.43 Å². The second-order valence-electron chi connectivity index (χ2n) is 0.449. The number of carboxylic acid groups (broad SMARTS) is 1. The van der Waals surface area contributed by atoms with Gasteiger partial charge in [-0.15, -0.1) is 37.2 Å². The SMILES string of the molecule is Cl.Cl.Cl.NNC(=O)O. The van der Waals surface area contributed by atoms with Crippen LogP contribution >= 0.6 is 37.2 Å². The lowest BCUT2D eigenvalue weighted by molar-refractivity contribution is 0.194. The molecule has 0 aliphatic heterocycles. The molecule has 7 heteroatoms. The van der Waals surface area contributed by atoms with Gasteiger partial charge in [0.15, 0.2) is 0 Å². The van der Waals surface area contributed by atoms with E-state index in [-0.39, 0.29) is 37.2 Å². The maximum Gasteiger partial charge on any atom is 0.418 e. The normalized spacial score (nSPS) is 4.12. The molecule has 0 heterocycles. The summed E-state index contributed by atoms with van der Waals surface area (Å²) in [6, 6.07) is 0. The molecular weight excluding hydrogens is 178 g/mol. The van der Waals surface area contributed by atoms with Crippen LogP contribution in [0.3, 0.4) is 0 Å². The maximum absolute atomic E-state index is 9.13. The molecule has 0 atom stereocenters. The molecule has 0 saturated carbocycles. The van der Waals surface area contributed by atoms with Crippen LogP contribution in [-0.2, 0) is 0 Å². The Morgan fingerprint density at radius 1 is 1.38 bits per heavy atom. The summed E-state index contributed by atoms with van der Waals surface area (Å²) in [4.78, 5) is 9.13. The van der Waals surface area contributed by atoms with E-state index in [1.807, 2.05) is 0 Å². The Morgan fingerprint density at radius 2 is 1.50 bits per heavy atom. The third-order valence-electron chi connectivity index (χ3n) is 0.123. The predicted molar refractivity (Wildman–Crippen MR) is 37.1 cm³/mol. The number of hydrazine groups is 1. The highest BCUT2D eigenvalue weighted by Crippen LogP contribution is 1.42. The van der Waals surface area contributed by atoms with Crippen LogP contribution in [0.15, 0.2) is 0 Å². The van der Waals surface area contributed by atoms with Crippen molar-refractivity contribution in [2.45, 2.75) is 0 Å². The van der Waals surface area contributed by atoms with Crippen LogP contribution in [0, 0.1) is 0 Å². The quantitative estimate of drug-likeness (QED) is 0.290. The minimum Gasteiger partial charge on any atom is -0.464 e. The fourth-order valence-corrected chi connectivity index (χ4v) is 0. The average Bonchev–Trinajstić information content (AvgIpc) is 1.38. The summed E-state index contributed by atoms with van der Waals surface area (Å²) in [6.07, 6.45) is -1.22. The fraction of sp³-hybridized carbons (Fsp3) is 0. The van der Waals surface area contributed by atoms with Crippen molar-refractivity contribution in [3.63, 3.8) is 0 Å². The van der Waals surface area contributed by atoms with Gasteiger partial charge in [0, 0.05) is 0 Å². The Hall–Kier alpha value is 0.1000. The fourth-order valence-electron chi connectivity index (χ4n) is 0. The van der Waals surface area contributed by atoms with Crippen molar-refractivity contribution in [1.29, 1.82) is 0 Å². The van der Waals surface area contributed by atoms with Crippen LogP contribution in [-0.4, -0.2) is 11.2 Å². The van der Waals surface area contributed by atoms with Crippen molar-refractivity contribution < 1.29 is 9.90 Å². The second-order valence-corrected chi connectivity index (χ2v) is 0.449. The van der Waals surface area contributed by atoms with E-state index in [0.29, 0.717) is 0 Å². The molecule has 0 saturated heterocycles. The summed E-state index contributed by atoms with van der Waals surface area (Å²) < 4.78 is 0. The van der Waals surface area contributed by atoms with Crippen molar-refractivity contribution in [1.82, 2.24) is 5.43 Å². The minimum absolute atomic E-state index is 0. The van der Waals surface area contributed by atoms with Gasteiger partial charge in [0.05, 0.1) is 0 Å². The summed E-state index contributed by atoms with van der Waals surface area (Å²) in [5.74, 6) is 4.32. The van der Waals surface area contributed by atoms with E-state index in [1.54, 1.807) is 0 Å². The van der Waals surface area contributed by atoms with Crippen LogP contribution < -0.4 is 11.3 Å². The molecule has 0 aromatic rings. The molecule has 8 heavy (non-hydrogen) atoms. The van der Waals surface area contributed by atoms with Crippen molar-refractivity contribution in [3.8, 4) is 0 Å². The zero-order chi connectivity index (χ0) is 4.28. The lowest BCUT2D eigenvalue weighted by Crippen LogP contribution is -2.27. The highest BCUT2D eigenvalue weighted by molar-refractivity contribution is 5.86. The molecule has 0 rings (SSSR count). The van der Waals surface area contributed by atoms with Gasteiger partial charge in [-0.1, -0.05) is 0 Å². The number of hydrogen-bond acceptors (Lipinski definition) is 2. The Labute approximate surface area is 65.0 Å². The predicted octanol–water partition coefficient (Wildman–Crippen LogP) is 0.393. The van der Waals surface area contributed by atoms with Crippen molar-refractivity contribution >= 4 is 43.3 Å². The molecule has 4 nitrogen and oxygen atoms in total. The molecule has 1 amide bonds. The monoisotopic (exact) mass is 184 g/mol. The molecule has 0 aliphatic rings. The molecule has 0 aromatic carbocycles. The number of carbonyl (C=O) groups is 1. The molecule has 0 unspecified atom stereocenters. The first-order valence-electron chi connectivity index (χ1n) is 0.966. The van der Waals surface area contributed by atoms with Gasteiger partial charge in [0.2, 0.25) is 0 Å². The van der Waals surface area contributed by atoms with Gasteiger partial charge in [0.25, 0.3) is 0 Å². The van der Waals surface area contributed by atoms with Crippen LogP contribution in [0.5, 0.6) is 0 Å². The first-order valence-corrected chi connectivity index (χ1v) is 0.966. The van der Waals surface area contributed by atoms with E-state index in [2.05, 4.69) is 5.84 Å². The van der Waals surface area contributed by atoms with Gasteiger partial charge in [-0.05, 0) is 0 Å². The zero-order valence-electron chi connectivity index (χ0n) is 3.66. The van der Waals surface area contributed by atoms with Gasteiger partial charge in [0.1, 0.15) is 0 Å². The number of nitrogens with one attached hydrogen (secondary N) is 1. The molecule has 0 fully saturated rings. The first kappa shape index (κ1) is 24.3. The molecular formula is CH7Cl3N2O2. The van der Waals surface area contributed by atoms with E-state index in [4.69, 9.17) is 9.90 Å². The van der Waals surface area contributed by atoms with E-state index in [0.717, 1.165) is 0 Å². The average molecular weight is 185 g/mol. The topological polar surface area (TPSA) is 75.3 Å². The minimum atomic E-state index is -1.22. The van der Waals surface area contributed by atoms with Crippen molar-refractivity contribution in [3.05, 3.63) is 0 Å². The van der Waals surface area contributed by atoms with Crippen LogP contribution in [0.4, 0.5) is 4.79 Å². The molecule has 0 spiro atoms. The second kappa shape index (κ2) is 15.7.